The van der Waals surface area contributed by atoms with Crippen molar-refractivity contribution in [1.29, 1.82) is 0 Å². The van der Waals surface area contributed by atoms with Gasteiger partial charge in [0.05, 0.1) is 18.4 Å². The van der Waals surface area contributed by atoms with E-state index in [9.17, 15) is 0 Å². The summed E-state index contributed by atoms with van der Waals surface area (Å²) in [7, 11) is 0. The standard InChI is InChI=1S/C12H16N4O/c1-10-14-4-5-16(10)6-7-17-12-3-2-11(8-13)15-9-12/h2-5,9H,6-8,13H2,1H3. The SMILES string of the molecule is Cc1nccn1CCOc1ccc(CN)nc1. The Morgan fingerprint density at radius 3 is 2.82 bits per heavy atom. The zero-order valence-corrected chi connectivity index (χ0v) is 9.84. The number of imidazole rings is 1. The average Bonchev–Trinajstić information content (AvgIpc) is 2.76. The highest BCUT2D eigenvalue weighted by atomic mass is 16.5. The monoisotopic (exact) mass is 232 g/mol. The van der Waals surface area contributed by atoms with Crippen LogP contribution in [0.1, 0.15) is 11.5 Å². The van der Waals surface area contributed by atoms with Gasteiger partial charge in [-0.05, 0) is 19.1 Å². The Morgan fingerprint density at radius 1 is 1.35 bits per heavy atom. The van der Waals surface area contributed by atoms with E-state index in [-0.39, 0.29) is 0 Å². The van der Waals surface area contributed by atoms with Crippen LogP contribution in [0.3, 0.4) is 0 Å². The fraction of sp³-hybridized carbons (Fsp3) is 0.333. The van der Waals surface area contributed by atoms with Crippen LogP contribution in [-0.4, -0.2) is 21.1 Å². The van der Waals surface area contributed by atoms with Crippen LogP contribution in [0.25, 0.3) is 0 Å². The highest BCUT2D eigenvalue weighted by molar-refractivity contribution is 5.19. The maximum absolute atomic E-state index is 5.58. The highest BCUT2D eigenvalue weighted by Crippen LogP contribution is 2.09. The van der Waals surface area contributed by atoms with Gasteiger partial charge in [-0.2, -0.15) is 0 Å². The van der Waals surface area contributed by atoms with Crippen molar-refractivity contribution >= 4 is 0 Å². The normalized spacial score (nSPS) is 10.5. The lowest BCUT2D eigenvalue weighted by molar-refractivity contribution is 0.296. The van der Waals surface area contributed by atoms with E-state index in [0.717, 1.165) is 23.8 Å². The van der Waals surface area contributed by atoms with Gasteiger partial charge in [0.2, 0.25) is 0 Å². The predicted octanol–water partition coefficient (Wildman–Crippen LogP) is 1.12. The van der Waals surface area contributed by atoms with E-state index in [1.165, 1.54) is 0 Å². The molecule has 5 nitrogen and oxygen atoms in total. The number of aromatic nitrogens is 3. The summed E-state index contributed by atoms with van der Waals surface area (Å²) in [5.41, 5.74) is 6.33. The quantitative estimate of drug-likeness (QED) is 0.839. The number of nitrogens with zero attached hydrogens (tertiary/aromatic N) is 3. The average molecular weight is 232 g/mol. The number of pyridine rings is 1. The Bertz CT molecular complexity index is 464. The molecular weight excluding hydrogens is 216 g/mol. The third-order valence-corrected chi connectivity index (χ3v) is 2.53. The zero-order chi connectivity index (χ0) is 12.1. The van der Waals surface area contributed by atoms with Gasteiger partial charge >= 0.3 is 0 Å². The summed E-state index contributed by atoms with van der Waals surface area (Å²) >= 11 is 0. The molecule has 0 unspecified atom stereocenters. The lowest BCUT2D eigenvalue weighted by Crippen LogP contribution is -2.09. The van der Waals surface area contributed by atoms with Gasteiger partial charge in [-0.1, -0.05) is 0 Å². The van der Waals surface area contributed by atoms with Crippen LogP contribution < -0.4 is 10.5 Å². The molecule has 0 aliphatic rings. The molecule has 2 aromatic rings. The minimum atomic E-state index is 0.453. The van der Waals surface area contributed by atoms with Crippen LogP contribution in [0.2, 0.25) is 0 Å². The van der Waals surface area contributed by atoms with Crippen LogP contribution >= 0.6 is 0 Å². The topological polar surface area (TPSA) is 66.0 Å². The second kappa shape index (κ2) is 5.45. The molecule has 2 rings (SSSR count). The molecule has 0 spiro atoms. The van der Waals surface area contributed by atoms with Crippen molar-refractivity contribution in [2.75, 3.05) is 6.61 Å². The molecule has 0 fully saturated rings. The zero-order valence-electron chi connectivity index (χ0n) is 9.84. The van der Waals surface area contributed by atoms with E-state index in [4.69, 9.17) is 10.5 Å². The highest BCUT2D eigenvalue weighted by Gasteiger charge is 1.98. The van der Waals surface area contributed by atoms with Crippen molar-refractivity contribution < 1.29 is 4.74 Å². The Balaban J connectivity index is 1.83. The molecular formula is C12H16N4O. The molecule has 0 aliphatic heterocycles. The number of hydrogen-bond donors (Lipinski definition) is 1. The lowest BCUT2D eigenvalue weighted by atomic mass is 10.3. The Hall–Kier alpha value is -1.88. The molecule has 0 saturated carbocycles. The first-order chi connectivity index (χ1) is 8.29. The van der Waals surface area contributed by atoms with Crippen molar-refractivity contribution in [3.8, 4) is 5.75 Å². The van der Waals surface area contributed by atoms with E-state index >= 15 is 0 Å². The number of ether oxygens (including phenoxy) is 1. The van der Waals surface area contributed by atoms with Crippen molar-refractivity contribution in [3.63, 3.8) is 0 Å². The fourth-order valence-corrected chi connectivity index (χ4v) is 1.52. The molecule has 0 aromatic carbocycles. The third-order valence-electron chi connectivity index (χ3n) is 2.53. The summed E-state index contributed by atoms with van der Waals surface area (Å²) in [6, 6.07) is 3.76. The lowest BCUT2D eigenvalue weighted by Gasteiger charge is -2.08. The van der Waals surface area contributed by atoms with Crippen LogP contribution in [0.4, 0.5) is 0 Å². The van der Waals surface area contributed by atoms with Gasteiger partial charge in [-0.15, -0.1) is 0 Å². The number of rotatable bonds is 5. The van der Waals surface area contributed by atoms with E-state index in [1.807, 2.05) is 29.8 Å². The molecule has 2 heterocycles. The van der Waals surface area contributed by atoms with Gasteiger partial charge in [-0.25, -0.2) is 4.98 Å². The summed E-state index contributed by atoms with van der Waals surface area (Å²) in [4.78, 5) is 8.31. The molecule has 2 aromatic heterocycles. The molecule has 5 heteroatoms. The molecule has 17 heavy (non-hydrogen) atoms. The van der Waals surface area contributed by atoms with Gasteiger partial charge < -0.3 is 15.0 Å². The van der Waals surface area contributed by atoms with E-state index in [1.54, 1.807) is 12.4 Å². The van der Waals surface area contributed by atoms with Crippen molar-refractivity contribution in [2.45, 2.75) is 20.0 Å². The molecule has 90 valence electrons. The number of hydrogen-bond acceptors (Lipinski definition) is 4. The van der Waals surface area contributed by atoms with Crippen molar-refractivity contribution in [2.24, 2.45) is 5.73 Å². The van der Waals surface area contributed by atoms with E-state index in [0.29, 0.717) is 13.2 Å². The molecule has 0 bridgehead atoms. The molecule has 0 radical (unpaired) electrons. The van der Waals surface area contributed by atoms with Crippen molar-refractivity contribution in [3.05, 3.63) is 42.2 Å². The smallest absolute Gasteiger partial charge is 0.137 e. The van der Waals surface area contributed by atoms with Gasteiger partial charge in [0.1, 0.15) is 18.2 Å². The summed E-state index contributed by atoms with van der Waals surface area (Å²) in [5, 5.41) is 0. The second-order valence-electron chi connectivity index (χ2n) is 3.71. The minimum absolute atomic E-state index is 0.453. The maximum atomic E-state index is 5.58. The first-order valence-electron chi connectivity index (χ1n) is 5.55. The molecule has 0 atom stereocenters. The largest absolute Gasteiger partial charge is 0.490 e. The van der Waals surface area contributed by atoms with Crippen molar-refractivity contribution in [1.82, 2.24) is 14.5 Å². The summed E-state index contributed by atoms with van der Waals surface area (Å²) in [6.07, 6.45) is 5.42. The molecule has 0 saturated heterocycles. The summed E-state index contributed by atoms with van der Waals surface area (Å²) in [6.45, 7) is 3.80. The third kappa shape index (κ3) is 3.04. The Morgan fingerprint density at radius 2 is 2.24 bits per heavy atom. The summed E-state index contributed by atoms with van der Waals surface area (Å²) < 4.78 is 7.63. The van der Waals surface area contributed by atoms with Gasteiger partial charge in [0, 0.05) is 18.9 Å². The van der Waals surface area contributed by atoms with E-state index in [2.05, 4.69) is 9.97 Å². The first kappa shape index (κ1) is 11.6. The fourth-order valence-electron chi connectivity index (χ4n) is 1.52. The number of nitrogens with two attached hydrogens (primary N) is 1. The van der Waals surface area contributed by atoms with Gasteiger partial charge in [0.25, 0.3) is 0 Å². The number of aryl methyl sites for hydroxylation is 1. The van der Waals surface area contributed by atoms with Crippen LogP contribution in [0.5, 0.6) is 5.75 Å². The van der Waals surface area contributed by atoms with Gasteiger partial charge in [-0.3, -0.25) is 4.98 Å². The maximum Gasteiger partial charge on any atom is 0.137 e. The molecule has 0 amide bonds. The second-order valence-corrected chi connectivity index (χ2v) is 3.71. The van der Waals surface area contributed by atoms with E-state index < -0.39 is 0 Å². The Labute approximate surface area is 100 Å². The predicted molar refractivity (Wildman–Crippen MR) is 64.6 cm³/mol. The van der Waals surface area contributed by atoms with Crippen LogP contribution in [0, 0.1) is 6.92 Å². The van der Waals surface area contributed by atoms with Gasteiger partial charge in [0.15, 0.2) is 0 Å². The Kier molecular flexibility index (Phi) is 3.72. The molecule has 0 aliphatic carbocycles. The first-order valence-corrected chi connectivity index (χ1v) is 5.55. The minimum Gasteiger partial charge on any atom is -0.490 e. The van der Waals surface area contributed by atoms with Crippen LogP contribution in [0.15, 0.2) is 30.7 Å². The van der Waals surface area contributed by atoms with Crippen LogP contribution in [-0.2, 0) is 13.1 Å². The summed E-state index contributed by atoms with van der Waals surface area (Å²) in [5.74, 6) is 1.75. The molecule has 2 N–H and O–H groups in total.